The lowest BCUT2D eigenvalue weighted by Crippen LogP contribution is -2.41. The number of nitrogens with zero attached hydrogens (tertiary/aromatic N) is 1. The van der Waals surface area contributed by atoms with E-state index in [1.807, 2.05) is 31.2 Å². The Morgan fingerprint density at radius 1 is 1.50 bits per heavy atom. The molecule has 0 amide bonds. The van der Waals surface area contributed by atoms with E-state index in [9.17, 15) is 5.26 Å². The molecule has 0 saturated carbocycles. The van der Waals surface area contributed by atoms with E-state index in [0.29, 0.717) is 0 Å². The number of nitrogens with one attached hydrogen (secondary N) is 1. The van der Waals surface area contributed by atoms with Gasteiger partial charge in [0.05, 0.1) is 6.07 Å². The lowest BCUT2D eigenvalue weighted by atomic mass is 9.85. The van der Waals surface area contributed by atoms with Crippen LogP contribution in [0.5, 0.6) is 0 Å². The van der Waals surface area contributed by atoms with Crippen molar-refractivity contribution in [1.29, 1.82) is 5.26 Å². The molecule has 0 heterocycles. The molecule has 0 saturated heterocycles. The Bertz CT molecular complexity index is 395. The first-order valence-corrected chi connectivity index (χ1v) is 6.28. The maximum absolute atomic E-state index is 9.35. The van der Waals surface area contributed by atoms with Gasteiger partial charge in [0.15, 0.2) is 0 Å². The van der Waals surface area contributed by atoms with Crippen LogP contribution in [0.25, 0.3) is 0 Å². The standard InChI is InChI=1S/C13H17BrN2/c1-4-13(9-15,10(2)3)16-12-7-5-6-11(14)8-12/h5-8,10,16H,4H2,1-3H3. The first-order chi connectivity index (χ1) is 7.54. The second-order valence-electron chi connectivity index (χ2n) is 4.23. The van der Waals surface area contributed by atoms with Gasteiger partial charge in [-0.3, -0.25) is 0 Å². The van der Waals surface area contributed by atoms with E-state index in [4.69, 9.17) is 0 Å². The largest absolute Gasteiger partial charge is 0.367 e. The number of benzene rings is 1. The maximum Gasteiger partial charge on any atom is 0.127 e. The van der Waals surface area contributed by atoms with Crippen molar-refractivity contribution in [3.8, 4) is 6.07 Å². The minimum absolute atomic E-state index is 0.265. The Kier molecular flexibility index (Phi) is 4.37. The molecule has 1 aromatic carbocycles. The lowest BCUT2D eigenvalue weighted by Gasteiger charge is -2.31. The summed E-state index contributed by atoms with van der Waals surface area (Å²) in [5, 5.41) is 12.7. The van der Waals surface area contributed by atoms with E-state index in [1.165, 1.54) is 0 Å². The highest BCUT2D eigenvalue weighted by Crippen LogP contribution is 2.27. The predicted molar refractivity (Wildman–Crippen MR) is 71.2 cm³/mol. The molecule has 0 fully saturated rings. The average Bonchev–Trinajstić information content (AvgIpc) is 2.25. The molecule has 0 bridgehead atoms. The monoisotopic (exact) mass is 280 g/mol. The summed E-state index contributed by atoms with van der Waals surface area (Å²) in [5.41, 5.74) is 0.493. The summed E-state index contributed by atoms with van der Waals surface area (Å²) in [5.74, 6) is 0.265. The van der Waals surface area contributed by atoms with Crippen LogP contribution < -0.4 is 5.32 Å². The van der Waals surface area contributed by atoms with Gasteiger partial charge in [0.2, 0.25) is 0 Å². The Morgan fingerprint density at radius 3 is 2.62 bits per heavy atom. The molecule has 86 valence electrons. The van der Waals surface area contributed by atoms with Crippen molar-refractivity contribution < 1.29 is 0 Å². The molecule has 3 heteroatoms. The highest BCUT2D eigenvalue weighted by Gasteiger charge is 2.31. The quantitative estimate of drug-likeness (QED) is 0.898. The fraction of sp³-hybridized carbons (Fsp3) is 0.462. The Morgan fingerprint density at radius 2 is 2.19 bits per heavy atom. The molecule has 0 radical (unpaired) electrons. The van der Waals surface area contributed by atoms with Crippen molar-refractivity contribution in [2.75, 3.05) is 5.32 Å². The molecule has 0 aliphatic rings. The summed E-state index contributed by atoms with van der Waals surface area (Å²) in [4.78, 5) is 0. The van der Waals surface area contributed by atoms with Crippen LogP contribution in [0.1, 0.15) is 27.2 Å². The van der Waals surface area contributed by atoms with Gasteiger partial charge in [-0.25, -0.2) is 0 Å². The minimum atomic E-state index is -0.485. The third-order valence-corrected chi connectivity index (χ3v) is 3.43. The normalized spacial score (nSPS) is 14.2. The summed E-state index contributed by atoms with van der Waals surface area (Å²) in [6.07, 6.45) is 0.785. The van der Waals surface area contributed by atoms with Gasteiger partial charge in [-0.05, 0) is 30.5 Å². The predicted octanol–water partition coefficient (Wildman–Crippen LogP) is 4.19. The molecular weight excluding hydrogens is 264 g/mol. The zero-order chi connectivity index (χ0) is 12.2. The number of rotatable bonds is 4. The molecule has 1 rings (SSSR count). The molecule has 0 aromatic heterocycles. The first-order valence-electron chi connectivity index (χ1n) is 5.49. The maximum atomic E-state index is 9.35. The number of hydrogen-bond acceptors (Lipinski definition) is 2. The first kappa shape index (κ1) is 13.1. The van der Waals surface area contributed by atoms with Gasteiger partial charge < -0.3 is 5.32 Å². The van der Waals surface area contributed by atoms with Crippen molar-refractivity contribution in [2.24, 2.45) is 5.92 Å². The molecule has 16 heavy (non-hydrogen) atoms. The molecular formula is C13H17BrN2. The SMILES string of the molecule is CCC(C#N)(Nc1cccc(Br)c1)C(C)C. The topological polar surface area (TPSA) is 35.8 Å². The molecule has 1 unspecified atom stereocenters. The Labute approximate surface area is 106 Å². The number of halogens is 1. The molecule has 1 aromatic rings. The van der Waals surface area contributed by atoms with Crippen LogP contribution in [-0.2, 0) is 0 Å². The van der Waals surface area contributed by atoms with Crippen LogP contribution in [0.4, 0.5) is 5.69 Å². The second-order valence-corrected chi connectivity index (χ2v) is 5.14. The smallest absolute Gasteiger partial charge is 0.127 e. The number of nitriles is 1. The van der Waals surface area contributed by atoms with Gasteiger partial charge >= 0.3 is 0 Å². The van der Waals surface area contributed by atoms with E-state index in [0.717, 1.165) is 16.6 Å². The third kappa shape index (κ3) is 2.76. The highest BCUT2D eigenvalue weighted by molar-refractivity contribution is 9.10. The number of anilines is 1. The van der Waals surface area contributed by atoms with E-state index in [-0.39, 0.29) is 5.92 Å². The van der Waals surface area contributed by atoms with Crippen LogP contribution in [0.3, 0.4) is 0 Å². The lowest BCUT2D eigenvalue weighted by molar-refractivity contribution is 0.416. The molecule has 0 aliphatic heterocycles. The average molecular weight is 281 g/mol. The summed E-state index contributed by atoms with van der Waals surface area (Å²) < 4.78 is 1.02. The van der Waals surface area contributed by atoms with Crippen LogP contribution in [0.2, 0.25) is 0 Å². The Hall–Kier alpha value is -1.01. The van der Waals surface area contributed by atoms with E-state index in [1.54, 1.807) is 0 Å². The van der Waals surface area contributed by atoms with Crippen molar-refractivity contribution >= 4 is 21.6 Å². The van der Waals surface area contributed by atoms with Gasteiger partial charge in [-0.15, -0.1) is 0 Å². The molecule has 2 nitrogen and oxygen atoms in total. The van der Waals surface area contributed by atoms with Gasteiger partial charge in [-0.1, -0.05) is 42.8 Å². The van der Waals surface area contributed by atoms with Crippen molar-refractivity contribution in [3.63, 3.8) is 0 Å². The van der Waals surface area contributed by atoms with Crippen molar-refractivity contribution in [1.82, 2.24) is 0 Å². The van der Waals surface area contributed by atoms with E-state index >= 15 is 0 Å². The molecule has 1 N–H and O–H groups in total. The third-order valence-electron chi connectivity index (χ3n) is 2.93. The zero-order valence-corrected chi connectivity index (χ0v) is 11.5. The van der Waals surface area contributed by atoms with Gasteiger partial charge in [0.25, 0.3) is 0 Å². The summed E-state index contributed by atoms with van der Waals surface area (Å²) in [7, 11) is 0. The van der Waals surface area contributed by atoms with Gasteiger partial charge in [-0.2, -0.15) is 5.26 Å². The summed E-state index contributed by atoms with van der Waals surface area (Å²) in [6.45, 7) is 6.17. The van der Waals surface area contributed by atoms with Crippen LogP contribution in [0.15, 0.2) is 28.7 Å². The second kappa shape index (κ2) is 5.36. The van der Waals surface area contributed by atoms with Crippen LogP contribution in [0, 0.1) is 17.2 Å². The van der Waals surface area contributed by atoms with Crippen LogP contribution >= 0.6 is 15.9 Å². The number of hydrogen-bond donors (Lipinski definition) is 1. The fourth-order valence-electron chi connectivity index (χ4n) is 1.70. The van der Waals surface area contributed by atoms with Gasteiger partial charge in [0, 0.05) is 10.2 Å². The Balaban J connectivity index is 2.97. The summed E-state index contributed by atoms with van der Waals surface area (Å²) in [6, 6.07) is 10.3. The van der Waals surface area contributed by atoms with Crippen molar-refractivity contribution in [3.05, 3.63) is 28.7 Å². The van der Waals surface area contributed by atoms with E-state index in [2.05, 4.69) is 41.2 Å². The highest BCUT2D eigenvalue weighted by atomic mass is 79.9. The zero-order valence-electron chi connectivity index (χ0n) is 9.92. The van der Waals surface area contributed by atoms with Crippen molar-refractivity contribution in [2.45, 2.75) is 32.7 Å². The molecule has 1 atom stereocenters. The molecule has 0 aliphatic carbocycles. The van der Waals surface area contributed by atoms with Crippen LogP contribution in [-0.4, -0.2) is 5.54 Å². The minimum Gasteiger partial charge on any atom is -0.367 e. The summed E-state index contributed by atoms with van der Waals surface area (Å²) >= 11 is 3.43. The van der Waals surface area contributed by atoms with E-state index < -0.39 is 5.54 Å². The fourth-order valence-corrected chi connectivity index (χ4v) is 2.10. The molecule has 0 spiro atoms. The van der Waals surface area contributed by atoms with Gasteiger partial charge in [0.1, 0.15) is 5.54 Å².